The number of anilines is 1. The standard InChI is InChI=1S/C15H21ClN2O/c1-11-5-4-8-18(10-11)15(19)9-17-14-7-3-6-13(16)12(14)2/h3,6-7,11,17H,4-5,8-10H2,1-2H3. The minimum Gasteiger partial charge on any atom is -0.376 e. The quantitative estimate of drug-likeness (QED) is 0.921. The van der Waals surface area contributed by atoms with Crippen LogP contribution in [0.25, 0.3) is 0 Å². The molecule has 3 nitrogen and oxygen atoms in total. The summed E-state index contributed by atoms with van der Waals surface area (Å²) in [5.41, 5.74) is 1.93. The third-order valence-corrected chi connectivity index (χ3v) is 4.12. The maximum atomic E-state index is 12.1. The lowest BCUT2D eigenvalue weighted by Crippen LogP contribution is -2.42. The van der Waals surface area contributed by atoms with Gasteiger partial charge in [-0.05, 0) is 43.4 Å². The van der Waals surface area contributed by atoms with Crippen molar-refractivity contribution in [2.45, 2.75) is 26.7 Å². The molecule has 0 bridgehead atoms. The second-order valence-electron chi connectivity index (χ2n) is 5.35. The molecule has 1 fully saturated rings. The summed E-state index contributed by atoms with van der Waals surface area (Å²) in [5, 5.41) is 3.92. The Morgan fingerprint density at radius 2 is 2.32 bits per heavy atom. The van der Waals surface area contributed by atoms with E-state index in [2.05, 4.69) is 12.2 Å². The molecule has 0 saturated carbocycles. The van der Waals surface area contributed by atoms with Crippen LogP contribution in [-0.4, -0.2) is 30.4 Å². The number of piperidine rings is 1. The summed E-state index contributed by atoms with van der Waals surface area (Å²) in [4.78, 5) is 14.1. The number of nitrogens with one attached hydrogen (secondary N) is 1. The second kappa shape index (κ2) is 6.29. The van der Waals surface area contributed by atoms with Crippen molar-refractivity contribution in [1.82, 2.24) is 4.90 Å². The van der Waals surface area contributed by atoms with Gasteiger partial charge in [0.25, 0.3) is 0 Å². The average Bonchev–Trinajstić information content (AvgIpc) is 2.40. The first kappa shape index (κ1) is 14.2. The molecule has 0 radical (unpaired) electrons. The molecule has 1 aliphatic heterocycles. The molecule has 19 heavy (non-hydrogen) atoms. The van der Waals surface area contributed by atoms with E-state index in [9.17, 15) is 4.79 Å². The molecule has 1 unspecified atom stereocenters. The maximum Gasteiger partial charge on any atom is 0.241 e. The van der Waals surface area contributed by atoms with Crippen molar-refractivity contribution >= 4 is 23.2 Å². The maximum absolute atomic E-state index is 12.1. The number of benzene rings is 1. The van der Waals surface area contributed by atoms with Crippen molar-refractivity contribution in [2.75, 3.05) is 25.0 Å². The van der Waals surface area contributed by atoms with E-state index in [1.807, 2.05) is 30.0 Å². The fourth-order valence-corrected chi connectivity index (χ4v) is 2.67. The summed E-state index contributed by atoms with van der Waals surface area (Å²) in [6.07, 6.45) is 2.34. The van der Waals surface area contributed by atoms with E-state index < -0.39 is 0 Å². The van der Waals surface area contributed by atoms with Gasteiger partial charge in [0.05, 0.1) is 6.54 Å². The number of hydrogen-bond acceptors (Lipinski definition) is 2. The van der Waals surface area contributed by atoms with Crippen molar-refractivity contribution in [1.29, 1.82) is 0 Å². The van der Waals surface area contributed by atoms with Crippen LogP contribution in [0.4, 0.5) is 5.69 Å². The number of carbonyl (C=O) groups is 1. The van der Waals surface area contributed by atoms with Gasteiger partial charge >= 0.3 is 0 Å². The minimum absolute atomic E-state index is 0.172. The van der Waals surface area contributed by atoms with E-state index in [-0.39, 0.29) is 5.91 Å². The molecular formula is C15H21ClN2O. The van der Waals surface area contributed by atoms with E-state index in [0.717, 1.165) is 35.8 Å². The predicted octanol–water partition coefficient (Wildman–Crippen LogP) is 3.32. The number of carbonyl (C=O) groups excluding carboxylic acids is 1. The van der Waals surface area contributed by atoms with Crippen LogP contribution in [0.2, 0.25) is 5.02 Å². The van der Waals surface area contributed by atoms with Gasteiger partial charge in [-0.15, -0.1) is 0 Å². The summed E-state index contributed by atoms with van der Waals surface area (Å²) in [5.74, 6) is 0.788. The highest BCUT2D eigenvalue weighted by molar-refractivity contribution is 6.31. The first-order chi connectivity index (χ1) is 9.08. The molecule has 1 aromatic rings. The molecule has 2 rings (SSSR count). The van der Waals surface area contributed by atoms with Gasteiger partial charge in [-0.2, -0.15) is 0 Å². The van der Waals surface area contributed by atoms with Gasteiger partial charge in [-0.3, -0.25) is 4.79 Å². The Bertz CT molecular complexity index is 461. The van der Waals surface area contributed by atoms with Gasteiger partial charge in [0.15, 0.2) is 0 Å². The number of rotatable bonds is 3. The van der Waals surface area contributed by atoms with Crippen molar-refractivity contribution in [2.24, 2.45) is 5.92 Å². The third-order valence-electron chi connectivity index (χ3n) is 3.71. The molecule has 104 valence electrons. The Kier molecular flexibility index (Phi) is 4.70. The van der Waals surface area contributed by atoms with Crippen molar-refractivity contribution in [3.05, 3.63) is 28.8 Å². The molecule has 1 heterocycles. The van der Waals surface area contributed by atoms with Crippen LogP contribution in [-0.2, 0) is 4.79 Å². The summed E-state index contributed by atoms with van der Waals surface area (Å²) in [7, 11) is 0. The van der Waals surface area contributed by atoms with E-state index in [1.165, 1.54) is 6.42 Å². The lowest BCUT2D eigenvalue weighted by atomic mass is 10.0. The normalized spacial score (nSPS) is 19.3. The van der Waals surface area contributed by atoms with E-state index in [4.69, 9.17) is 11.6 Å². The fourth-order valence-electron chi connectivity index (χ4n) is 2.50. The monoisotopic (exact) mass is 280 g/mol. The van der Waals surface area contributed by atoms with Crippen LogP contribution in [0, 0.1) is 12.8 Å². The molecule has 1 atom stereocenters. The van der Waals surface area contributed by atoms with Crippen LogP contribution < -0.4 is 5.32 Å². The number of nitrogens with zero attached hydrogens (tertiary/aromatic N) is 1. The molecule has 4 heteroatoms. The topological polar surface area (TPSA) is 32.3 Å². The van der Waals surface area contributed by atoms with Crippen molar-refractivity contribution in [3.63, 3.8) is 0 Å². The van der Waals surface area contributed by atoms with E-state index >= 15 is 0 Å². The number of halogens is 1. The smallest absolute Gasteiger partial charge is 0.241 e. The SMILES string of the molecule is Cc1c(Cl)cccc1NCC(=O)N1CCCC(C)C1. The highest BCUT2D eigenvalue weighted by atomic mass is 35.5. The third kappa shape index (κ3) is 3.63. The molecule has 0 aromatic heterocycles. The number of likely N-dealkylation sites (tertiary alicyclic amines) is 1. The number of amides is 1. The predicted molar refractivity (Wildman–Crippen MR) is 79.7 cm³/mol. The fraction of sp³-hybridized carbons (Fsp3) is 0.533. The van der Waals surface area contributed by atoms with E-state index in [0.29, 0.717) is 12.5 Å². The molecular weight excluding hydrogens is 260 g/mol. The lowest BCUT2D eigenvalue weighted by Gasteiger charge is -2.31. The van der Waals surface area contributed by atoms with Crippen LogP contribution >= 0.6 is 11.6 Å². The zero-order valence-corrected chi connectivity index (χ0v) is 12.3. The van der Waals surface area contributed by atoms with Crippen molar-refractivity contribution in [3.8, 4) is 0 Å². The summed E-state index contributed by atoms with van der Waals surface area (Å²) in [6.45, 7) is 6.27. The Balaban J connectivity index is 1.91. The minimum atomic E-state index is 0.172. The lowest BCUT2D eigenvalue weighted by molar-refractivity contribution is -0.130. The van der Waals surface area contributed by atoms with Crippen LogP contribution in [0.3, 0.4) is 0 Å². The number of hydrogen-bond donors (Lipinski definition) is 1. The summed E-state index contributed by atoms with van der Waals surface area (Å²) < 4.78 is 0. The Labute approximate surface area is 119 Å². The zero-order valence-electron chi connectivity index (χ0n) is 11.6. The van der Waals surface area contributed by atoms with Gasteiger partial charge in [0, 0.05) is 23.8 Å². The largest absolute Gasteiger partial charge is 0.376 e. The van der Waals surface area contributed by atoms with E-state index in [1.54, 1.807) is 0 Å². The van der Waals surface area contributed by atoms with Crippen LogP contribution in [0.5, 0.6) is 0 Å². The van der Waals surface area contributed by atoms with Gasteiger partial charge in [-0.1, -0.05) is 24.6 Å². The van der Waals surface area contributed by atoms with Gasteiger partial charge in [0.2, 0.25) is 5.91 Å². The first-order valence-corrected chi connectivity index (χ1v) is 7.22. The molecule has 0 aliphatic carbocycles. The zero-order chi connectivity index (χ0) is 13.8. The Hall–Kier alpha value is -1.22. The Morgan fingerprint density at radius 3 is 3.05 bits per heavy atom. The molecule has 1 aromatic carbocycles. The highest BCUT2D eigenvalue weighted by Gasteiger charge is 2.20. The van der Waals surface area contributed by atoms with Gasteiger partial charge in [0.1, 0.15) is 0 Å². The average molecular weight is 281 g/mol. The van der Waals surface area contributed by atoms with Gasteiger partial charge < -0.3 is 10.2 Å². The molecule has 1 amide bonds. The first-order valence-electron chi connectivity index (χ1n) is 6.84. The summed E-state index contributed by atoms with van der Waals surface area (Å²) >= 11 is 6.06. The molecule has 1 aliphatic rings. The molecule has 1 N–H and O–H groups in total. The van der Waals surface area contributed by atoms with Crippen molar-refractivity contribution < 1.29 is 4.79 Å². The van der Waals surface area contributed by atoms with Crippen LogP contribution in [0.15, 0.2) is 18.2 Å². The molecule has 1 saturated heterocycles. The Morgan fingerprint density at radius 1 is 1.53 bits per heavy atom. The second-order valence-corrected chi connectivity index (χ2v) is 5.76. The highest BCUT2D eigenvalue weighted by Crippen LogP contribution is 2.23. The van der Waals surface area contributed by atoms with Gasteiger partial charge in [-0.25, -0.2) is 0 Å². The summed E-state index contributed by atoms with van der Waals surface area (Å²) in [6, 6.07) is 5.70. The van der Waals surface area contributed by atoms with Crippen LogP contribution in [0.1, 0.15) is 25.3 Å². The molecule has 0 spiro atoms.